The van der Waals surface area contributed by atoms with Crippen molar-refractivity contribution < 1.29 is 24.2 Å². The lowest BCUT2D eigenvalue weighted by Crippen LogP contribution is -2.43. The van der Waals surface area contributed by atoms with Crippen molar-refractivity contribution in [3.05, 3.63) is 0 Å². The summed E-state index contributed by atoms with van der Waals surface area (Å²) in [7, 11) is 0. The van der Waals surface area contributed by atoms with E-state index in [4.69, 9.17) is 9.84 Å². The van der Waals surface area contributed by atoms with Gasteiger partial charge in [0.1, 0.15) is 12.1 Å². The smallest absolute Gasteiger partial charge is 0.325 e. The molecule has 1 aliphatic rings. The van der Waals surface area contributed by atoms with E-state index in [-0.39, 0.29) is 19.8 Å². The van der Waals surface area contributed by atoms with E-state index >= 15 is 0 Å². The van der Waals surface area contributed by atoms with Crippen LogP contribution in [0.15, 0.2) is 0 Å². The Labute approximate surface area is 117 Å². The van der Waals surface area contributed by atoms with Crippen molar-refractivity contribution >= 4 is 17.8 Å². The second kappa shape index (κ2) is 7.20. The van der Waals surface area contributed by atoms with E-state index in [1.54, 1.807) is 13.8 Å². The maximum Gasteiger partial charge on any atom is 0.325 e. The van der Waals surface area contributed by atoms with Crippen molar-refractivity contribution in [2.24, 2.45) is 0 Å². The molecular weight excluding hydrogens is 266 g/mol. The monoisotopic (exact) mass is 287 g/mol. The van der Waals surface area contributed by atoms with Crippen molar-refractivity contribution in [3.8, 4) is 0 Å². The maximum absolute atomic E-state index is 11.8. The first-order chi connectivity index (χ1) is 9.38. The van der Waals surface area contributed by atoms with Crippen LogP contribution < -0.4 is 10.6 Å². The molecule has 0 saturated carbocycles. The predicted molar refractivity (Wildman–Crippen MR) is 69.9 cm³/mol. The van der Waals surface area contributed by atoms with Gasteiger partial charge in [-0.2, -0.15) is 0 Å². The molecule has 0 spiro atoms. The summed E-state index contributed by atoms with van der Waals surface area (Å²) in [4.78, 5) is 35.9. The summed E-state index contributed by atoms with van der Waals surface area (Å²) < 4.78 is 5.03. The first-order valence-corrected chi connectivity index (χ1v) is 6.48. The maximum atomic E-state index is 11.8. The van der Waals surface area contributed by atoms with E-state index in [1.165, 1.54) is 0 Å². The van der Waals surface area contributed by atoms with Gasteiger partial charge in [-0.1, -0.05) is 0 Å². The number of aliphatic hydroxyl groups excluding tert-OH is 1. The van der Waals surface area contributed by atoms with E-state index in [0.29, 0.717) is 19.6 Å². The van der Waals surface area contributed by atoms with E-state index in [2.05, 4.69) is 10.6 Å². The zero-order valence-electron chi connectivity index (χ0n) is 11.8. The van der Waals surface area contributed by atoms with Gasteiger partial charge in [0.2, 0.25) is 5.91 Å². The Hall–Kier alpha value is -1.67. The number of nitrogens with zero attached hydrogens (tertiary/aromatic N) is 1. The van der Waals surface area contributed by atoms with Crippen molar-refractivity contribution in [1.82, 2.24) is 15.5 Å². The van der Waals surface area contributed by atoms with Crippen LogP contribution in [0.25, 0.3) is 0 Å². The van der Waals surface area contributed by atoms with Crippen LogP contribution in [0.2, 0.25) is 0 Å². The van der Waals surface area contributed by atoms with Gasteiger partial charge in [-0.25, -0.2) is 4.79 Å². The van der Waals surface area contributed by atoms with E-state index in [1.807, 2.05) is 0 Å². The Morgan fingerprint density at radius 3 is 2.65 bits per heavy atom. The topological polar surface area (TPSA) is 108 Å². The molecule has 4 amide bonds. The van der Waals surface area contributed by atoms with E-state index in [9.17, 15) is 14.4 Å². The molecular formula is C12H21N3O5. The summed E-state index contributed by atoms with van der Waals surface area (Å²) in [6.07, 6.45) is 0.595. The SMILES string of the molecule is CC1(C)NC(=O)N(CC(=O)NCCCOCCO)C1=O. The molecule has 0 atom stereocenters. The van der Waals surface area contributed by atoms with Crippen molar-refractivity contribution in [1.29, 1.82) is 0 Å². The van der Waals surface area contributed by atoms with Gasteiger partial charge in [0.05, 0.1) is 13.2 Å². The summed E-state index contributed by atoms with van der Waals surface area (Å²) in [5.74, 6) is -0.808. The van der Waals surface area contributed by atoms with Crippen LogP contribution in [0.3, 0.4) is 0 Å². The van der Waals surface area contributed by atoms with Crippen LogP contribution >= 0.6 is 0 Å². The number of carbonyl (C=O) groups excluding carboxylic acids is 3. The largest absolute Gasteiger partial charge is 0.394 e. The molecule has 8 heteroatoms. The number of hydrogen-bond acceptors (Lipinski definition) is 5. The lowest BCUT2D eigenvalue weighted by atomic mass is 10.1. The van der Waals surface area contributed by atoms with Gasteiger partial charge < -0.3 is 20.5 Å². The normalized spacial score (nSPS) is 17.2. The highest BCUT2D eigenvalue weighted by atomic mass is 16.5. The van der Waals surface area contributed by atoms with Crippen molar-refractivity contribution in [2.45, 2.75) is 25.8 Å². The Balaban J connectivity index is 2.26. The minimum Gasteiger partial charge on any atom is -0.394 e. The first kappa shape index (κ1) is 16.4. The highest BCUT2D eigenvalue weighted by molar-refractivity contribution is 6.08. The van der Waals surface area contributed by atoms with Crippen LogP contribution in [-0.2, 0) is 14.3 Å². The zero-order valence-corrected chi connectivity index (χ0v) is 11.8. The fraction of sp³-hybridized carbons (Fsp3) is 0.750. The summed E-state index contributed by atoms with van der Waals surface area (Å²) >= 11 is 0. The van der Waals surface area contributed by atoms with Crippen LogP contribution in [0, 0.1) is 0 Å². The molecule has 114 valence electrons. The average molecular weight is 287 g/mol. The number of imide groups is 1. The average Bonchev–Trinajstić information content (AvgIpc) is 2.56. The van der Waals surface area contributed by atoms with Gasteiger partial charge in [-0.15, -0.1) is 0 Å². The van der Waals surface area contributed by atoms with Crippen LogP contribution in [0.1, 0.15) is 20.3 Å². The number of urea groups is 1. The molecule has 0 aromatic rings. The second-order valence-corrected chi connectivity index (χ2v) is 4.99. The lowest BCUT2D eigenvalue weighted by Gasteiger charge is -2.15. The number of rotatable bonds is 8. The van der Waals surface area contributed by atoms with E-state index < -0.39 is 23.4 Å². The van der Waals surface area contributed by atoms with Gasteiger partial charge in [-0.3, -0.25) is 14.5 Å². The zero-order chi connectivity index (χ0) is 15.2. The molecule has 0 aromatic heterocycles. The quantitative estimate of drug-likeness (QED) is 0.385. The van der Waals surface area contributed by atoms with Gasteiger partial charge in [0.25, 0.3) is 5.91 Å². The summed E-state index contributed by atoms with van der Waals surface area (Å²) in [5.41, 5.74) is -0.963. The van der Waals surface area contributed by atoms with Gasteiger partial charge in [-0.05, 0) is 20.3 Å². The second-order valence-electron chi connectivity index (χ2n) is 4.99. The Bertz CT molecular complexity index is 383. The molecule has 20 heavy (non-hydrogen) atoms. The molecule has 8 nitrogen and oxygen atoms in total. The Morgan fingerprint density at radius 2 is 2.10 bits per heavy atom. The Morgan fingerprint density at radius 1 is 1.40 bits per heavy atom. The fourth-order valence-corrected chi connectivity index (χ4v) is 1.73. The molecule has 1 saturated heterocycles. The molecule has 0 bridgehead atoms. The Kier molecular flexibility index (Phi) is 5.90. The number of nitrogens with one attached hydrogen (secondary N) is 2. The van der Waals surface area contributed by atoms with Crippen LogP contribution in [0.5, 0.6) is 0 Å². The molecule has 0 unspecified atom stereocenters. The first-order valence-electron chi connectivity index (χ1n) is 6.48. The number of amides is 4. The molecule has 1 rings (SSSR count). The number of aliphatic hydroxyl groups is 1. The highest BCUT2D eigenvalue weighted by Crippen LogP contribution is 2.15. The minimum absolute atomic E-state index is 0.0334. The molecule has 0 radical (unpaired) electrons. The fourth-order valence-electron chi connectivity index (χ4n) is 1.73. The summed E-state index contributed by atoms with van der Waals surface area (Å²) in [5, 5.41) is 13.6. The molecule has 1 heterocycles. The molecule has 0 aromatic carbocycles. The minimum atomic E-state index is -0.963. The standard InChI is InChI=1S/C12H21N3O5/c1-12(2)10(18)15(11(19)14-12)8-9(17)13-4-3-6-20-7-5-16/h16H,3-8H2,1-2H3,(H,13,17)(H,14,19). The molecule has 0 aliphatic carbocycles. The van der Waals surface area contributed by atoms with Crippen molar-refractivity contribution in [3.63, 3.8) is 0 Å². The van der Waals surface area contributed by atoms with E-state index in [0.717, 1.165) is 4.90 Å². The summed E-state index contributed by atoms with van der Waals surface area (Å²) in [6.45, 7) is 3.94. The van der Waals surface area contributed by atoms with Gasteiger partial charge in [0.15, 0.2) is 0 Å². The summed E-state index contributed by atoms with van der Waals surface area (Å²) in [6, 6.07) is -0.554. The highest BCUT2D eigenvalue weighted by Gasteiger charge is 2.44. The number of hydrogen-bond donors (Lipinski definition) is 3. The van der Waals surface area contributed by atoms with Crippen LogP contribution in [-0.4, -0.2) is 66.3 Å². The van der Waals surface area contributed by atoms with Crippen molar-refractivity contribution in [2.75, 3.05) is 32.9 Å². The third-order valence-electron chi connectivity index (χ3n) is 2.77. The third kappa shape index (κ3) is 4.46. The third-order valence-corrected chi connectivity index (χ3v) is 2.77. The number of ether oxygens (including phenoxy) is 1. The molecule has 3 N–H and O–H groups in total. The predicted octanol–water partition coefficient (Wildman–Crippen LogP) is -1.17. The van der Waals surface area contributed by atoms with Gasteiger partial charge in [0, 0.05) is 13.2 Å². The molecule has 1 aliphatic heterocycles. The van der Waals surface area contributed by atoms with Gasteiger partial charge >= 0.3 is 6.03 Å². The van der Waals surface area contributed by atoms with Crippen LogP contribution in [0.4, 0.5) is 4.79 Å². The lowest BCUT2D eigenvalue weighted by molar-refractivity contribution is -0.134. The number of carbonyl (C=O) groups is 3. The molecule has 1 fully saturated rings.